The van der Waals surface area contributed by atoms with Crippen LogP contribution in [0.3, 0.4) is 0 Å². The van der Waals surface area contributed by atoms with Crippen LogP contribution in [-0.4, -0.2) is 48.7 Å². The van der Waals surface area contributed by atoms with Crippen LogP contribution in [0.5, 0.6) is 0 Å². The fourth-order valence-corrected chi connectivity index (χ4v) is 0.672. The molecular weight excluding hydrogens is 200 g/mol. The quantitative estimate of drug-likeness (QED) is 0.614. The van der Waals surface area contributed by atoms with Crippen LogP contribution in [0.15, 0.2) is 0 Å². The van der Waals surface area contributed by atoms with Crippen molar-refractivity contribution in [1.82, 2.24) is 0 Å². The highest BCUT2D eigenvalue weighted by Gasteiger charge is 2.35. The molecule has 1 unspecified atom stereocenters. The largest absolute Gasteiger partial charge is 0.463 e. The zero-order valence-electron chi connectivity index (χ0n) is 9.74. The van der Waals surface area contributed by atoms with Gasteiger partial charge in [0.1, 0.15) is 0 Å². The van der Waals surface area contributed by atoms with E-state index in [2.05, 4.69) is 0 Å². The van der Waals surface area contributed by atoms with E-state index in [0.29, 0.717) is 0 Å². The molecule has 0 aromatic carbocycles. The summed E-state index contributed by atoms with van der Waals surface area (Å²) >= 11 is 0. The molecule has 5 heteroatoms. The van der Waals surface area contributed by atoms with E-state index >= 15 is 0 Å². The maximum Gasteiger partial charge on any atom is 0.340 e. The van der Waals surface area contributed by atoms with Crippen LogP contribution < -0.4 is 0 Å². The predicted octanol–water partition coefficient (Wildman–Crippen LogP) is -0.0545. The van der Waals surface area contributed by atoms with Gasteiger partial charge in [-0.15, -0.1) is 0 Å². The maximum atomic E-state index is 11.5. The molecule has 0 saturated carbocycles. The Kier molecular flexibility index (Phi) is 5.20. The Bertz CT molecular complexity index is 208. The summed E-state index contributed by atoms with van der Waals surface area (Å²) in [5.74, 6) is -0.631. The van der Waals surface area contributed by atoms with E-state index in [4.69, 9.17) is 19.7 Å². The molecule has 0 radical (unpaired) electrons. The summed E-state index contributed by atoms with van der Waals surface area (Å²) in [4.78, 5) is 11.5. The van der Waals surface area contributed by atoms with Gasteiger partial charge in [0.15, 0.2) is 5.60 Å². The maximum absolute atomic E-state index is 11.5. The van der Waals surface area contributed by atoms with E-state index in [0.717, 1.165) is 0 Å². The Labute approximate surface area is 90.0 Å². The molecular formula is C10H20O5. The van der Waals surface area contributed by atoms with Crippen LogP contribution in [0, 0.1) is 5.41 Å². The lowest BCUT2D eigenvalue weighted by Crippen LogP contribution is -2.44. The van der Waals surface area contributed by atoms with E-state index in [9.17, 15) is 4.79 Å². The molecule has 0 aliphatic rings. The third-order valence-electron chi connectivity index (χ3n) is 2.21. The van der Waals surface area contributed by atoms with E-state index in [-0.39, 0.29) is 13.2 Å². The molecule has 0 bridgehead atoms. The molecule has 0 fully saturated rings. The lowest BCUT2D eigenvalue weighted by molar-refractivity contribution is -0.175. The minimum atomic E-state index is -1.33. The van der Waals surface area contributed by atoms with Crippen molar-refractivity contribution in [2.75, 3.05) is 26.9 Å². The summed E-state index contributed by atoms with van der Waals surface area (Å²) in [7, 11) is 1.33. The normalized spacial score (nSPS) is 15.9. The minimum absolute atomic E-state index is 0.0803. The third kappa shape index (κ3) is 4.15. The fraction of sp³-hybridized carbons (Fsp3) is 0.900. The number of rotatable bonds is 6. The molecule has 0 rings (SSSR count). The molecule has 0 heterocycles. The summed E-state index contributed by atoms with van der Waals surface area (Å²) < 4.78 is 9.82. The van der Waals surface area contributed by atoms with E-state index in [1.54, 1.807) is 13.8 Å². The van der Waals surface area contributed by atoms with Crippen LogP contribution in [0.2, 0.25) is 0 Å². The van der Waals surface area contributed by atoms with Gasteiger partial charge in [0.2, 0.25) is 0 Å². The van der Waals surface area contributed by atoms with Gasteiger partial charge in [0.05, 0.1) is 19.8 Å². The second-order valence-electron chi connectivity index (χ2n) is 4.49. The lowest BCUT2D eigenvalue weighted by Gasteiger charge is -2.27. The number of aliphatic hydroxyl groups is 2. The van der Waals surface area contributed by atoms with Crippen molar-refractivity contribution < 1.29 is 24.5 Å². The van der Waals surface area contributed by atoms with Gasteiger partial charge < -0.3 is 19.7 Å². The highest BCUT2D eigenvalue weighted by molar-refractivity contribution is 5.79. The number of hydrogen-bond acceptors (Lipinski definition) is 5. The van der Waals surface area contributed by atoms with Gasteiger partial charge in [-0.25, -0.2) is 4.79 Å². The molecule has 0 spiro atoms. The number of aliphatic hydroxyl groups excluding tert-OH is 2. The van der Waals surface area contributed by atoms with Crippen molar-refractivity contribution in [2.24, 2.45) is 5.41 Å². The Morgan fingerprint density at radius 1 is 1.20 bits per heavy atom. The van der Waals surface area contributed by atoms with Gasteiger partial charge in [0, 0.05) is 12.5 Å². The highest BCUT2D eigenvalue weighted by Crippen LogP contribution is 2.17. The number of carbonyl (C=O) groups is 1. The number of hydrogen-bond donors (Lipinski definition) is 2. The van der Waals surface area contributed by atoms with Crippen LogP contribution in [0.1, 0.15) is 20.8 Å². The average Bonchev–Trinajstić information content (AvgIpc) is 2.24. The molecule has 15 heavy (non-hydrogen) atoms. The molecule has 0 saturated heterocycles. The standard InChI is InChI=1S/C10H20O5/c1-9(2,5-11)7-15-8(13)10(3,6-12)14-4/h11-12H,5-7H2,1-4H3. The van der Waals surface area contributed by atoms with Crippen molar-refractivity contribution in [1.29, 1.82) is 0 Å². The SMILES string of the molecule is COC(C)(CO)C(=O)OCC(C)(C)CO. The molecule has 0 aromatic rings. The summed E-state index contributed by atoms with van der Waals surface area (Å²) in [6.07, 6.45) is 0. The Hall–Kier alpha value is -0.650. The smallest absolute Gasteiger partial charge is 0.340 e. The van der Waals surface area contributed by atoms with Gasteiger partial charge >= 0.3 is 5.97 Å². The Morgan fingerprint density at radius 3 is 2.07 bits per heavy atom. The molecule has 0 aliphatic heterocycles. The van der Waals surface area contributed by atoms with E-state index < -0.39 is 23.6 Å². The van der Waals surface area contributed by atoms with Crippen LogP contribution in [0.4, 0.5) is 0 Å². The van der Waals surface area contributed by atoms with E-state index in [1.807, 2.05) is 0 Å². The van der Waals surface area contributed by atoms with Gasteiger partial charge in [-0.3, -0.25) is 0 Å². The summed E-state index contributed by atoms with van der Waals surface area (Å²) in [5, 5.41) is 17.9. The second kappa shape index (κ2) is 5.44. The highest BCUT2D eigenvalue weighted by atomic mass is 16.6. The molecule has 1 atom stereocenters. The Balaban J connectivity index is 4.26. The number of carbonyl (C=O) groups excluding carboxylic acids is 1. The van der Waals surface area contributed by atoms with Crippen molar-refractivity contribution >= 4 is 5.97 Å². The average molecular weight is 220 g/mol. The Morgan fingerprint density at radius 2 is 1.73 bits per heavy atom. The first-order chi connectivity index (χ1) is 6.81. The zero-order valence-corrected chi connectivity index (χ0v) is 9.74. The van der Waals surface area contributed by atoms with Gasteiger partial charge in [-0.1, -0.05) is 13.8 Å². The molecule has 2 N–H and O–H groups in total. The van der Waals surface area contributed by atoms with Crippen LogP contribution in [-0.2, 0) is 14.3 Å². The second-order valence-corrected chi connectivity index (χ2v) is 4.49. The van der Waals surface area contributed by atoms with Gasteiger partial charge in [-0.2, -0.15) is 0 Å². The first-order valence-electron chi connectivity index (χ1n) is 4.75. The first-order valence-corrected chi connectivity index (χ1v) is 4.75. The van der Waals surface area contributed by atoms with Crippen LogP contribution in [0.25, 0.3) is 0 Å². The molecule has 0 amide bonds. The summed E-state index contributed by atoms with van der Waals surface area (Å²) in [6, 6.07) is 0. The summed E-state index contributed by atoms with van der Waals surface area (Å²) in [5.41, 5.74) is -1.81. The first kappa shape index (κ1) is 14.3. The minimum Gasteiger partial charge on any atom is -0.463 e. The van der Waals surface area contributed by atoms with Crippen molar-refractivity contribution in [3.63, 3.8) is 0 Å². The molecule has 0 aromatic heterocycles. The van der Waals surface area contributed by atoms with Crippen molar-refractivity contribution in [3.05, 3.63) is 0 Å². The number of methoxy groups -OCH3 is 1. The molecule has 90 valence electrons. The van der Waals surface area contributed by atoms with Crippen LogP contribution >= 0.6 is 0 Å². The molecule has 5 nitrogen and oxygen atoms in total. The van der Waals surface area contributed by atoms with E-state index in [1.165, 1.54) is 14.0 Å². The predicted molar refractivity (Wildman–Crippen MR) is 54.3 cm³/mol. The van der Waals surface area contributed by atoms with Gasteiger partial charge in [-0.05, 0) is 6.92 Å². The third-order valence-corrected chi connectivity index (χ3v) is 2.21. The van der Waals surface area contributed by atoms with Gasteiger partial charge in [0.25, 0.3) is 0 Å². The fourth-order valence-electron chi connectivity index (χ4n) is 0.672. The number of esters is 1. The monoisotopic (exact) mass is 220 g/mol. The van der Waals surface area contributed by atoms with Crippen molar-refractivity contribution in [3.8, 4) is 0 Å². The van der Waals surface area contributed by atoms with Crippen molar-refractivity contribution in [2.45, 2.75) is 26.4 Å². The zero-order chi connectivity index (χ0) is 12.1. The molecule has 0 aliphatic carbocycles. The summed E-state index contributed by atoms with van der Waals surface area (Å²) in [6.45, 7) is 4.54. The topological polar surface area (TPSA) is 76.0 Å². The lowest BCUT2D eigenvalue weighted by atomic mass is 9.96. The number of ether oxygens (including phenoxy) is 2.